The zero-order chi connectivity index (χ0) is 23.1. The second-order valence-corrected chi connectivity index (χ2v) is 8.76. The lowest BCUT2D eigenvalue weighted by molar-refractivity contribution is -0.116. The van der Waals surface area contributed by atoms with Gasteiger partial charge in [0.15, 0.2) is 11.5 Å². The van der Waals surface area contributed by atoms with Crippen molar-refractivity contribution in [2.24, 2.45) is 0 Å². The molecule has 0 spiro atoms. The Morgan fingerprint density at radius 3 is 2.61 bits per heavy atom. The number of aryl methyl sites for hydroxylation is 2. The number of nitrogens with one attached hydrogen (secondary N) is 1. The minimum Gasteiger partial charge on any atom is -0.486 e. The van der Waals surface area contributed by atoms with Gasteiger partial charge in [-0.25, -0.2) is 9.36 Å². The molecule has 1 amide bonds. The van der Waals surface area contributed by atoms with Crippen LogP contribution in [-0.2, 0) is 11.3 Å². The molecule has 5 rings (SSSR count). The van der Waals surface area contributed by atoms with Crippen LogP contribution in [0, 0.1) is 13.8 Å². The molecule has 8 nitrogen and oxygen atoms in total. The van der Waals surface area contributed by atoms with Gasteiger partial charge in [-0.3, -0.25) is 14.2 Å². The molecule has 0 saturated heterocycles. The van der Waals surface area contributed by atoms with E-state index in [0.717, 1.165) is 15.7 Å². The van der Waals surface area contributed by atoms with Crippen LogP contribution in [0.4, 0.5) is 5.69 Å². The maximum atomic E-state index is 13.4. The van der Waals surface area contributed by atoms with Crippen molar-refractivity contribution in [2.45, 2.75) is 20.4 Å². The summed E-state index contributed by atoms with van der Waals surface area (Å²) in [6, 6.07) is 12.3. The molecule has 2 aromatic heterocycles. The van der Waals surface area contributed by atoms with Gasteiger partial charge in [-0.15, -0.1) is 11.3 Å². The number of fused-ring (bicyclic) bond motifs is 2. The van der Waals surface area contributed by atoms with Crippen LogP contribution in [-0.4, -0.2) is 28.3 Å². The first-order valence-corrected chi connectivity index (χ1v) is 11.3. The fourth-order valence-electron chi connectivity index (χ4n) is 3.97. The molecule has 2 aromatic carbocycles. The van der Waals surface area contributed by atoms with E-state index in [4.69, 9.17) is 9.47 Å². The molecule has 3 heterocycles. The lowest BCUT2D eigenvalue weighted by atomic mass is 10.1. The normalized spacial score (nSPS) is 12.7. The SMILES string of the molecule is Cc1ccc(-n2c(=O)c3sccc3n(CC(=O)Nc3ccc4c(c3)OCCO4)c2=O)c(C)c1. The topological polar surface area (TPSA) is 91.6 Å². The predicted molar refractivity (Wildman–Crippen MR) is 127 cm³/mol. The fraction of sp³-hybridized carbons (Fsp3) is 0.208. The Balaban J connectivity index is 1.53. The van der Waals surface area contributed by atoms with Gasteiger partial charge in [0.25, 0.3) is 5.56 Å². The number of benzene rings is 2. The Morgan fingerprint density at radius 2 is 1.82 bits per heavy atom. The molecule has 1 aliphatic heterocycles. The third-order valence-electron chi connectivity index (χ3n) is 5.48. The largest absolute Gasteiger partial charge is 0.486 e. The Labute approximate surface area is 192 Å². The van der Waals surface area contributed by atoms with Crippen LogP contribution in [0.5, 0.6) is 11.5 Å². The first kappa shape index (κ1) is 21.0. The number of ether oxygens (including phenoxy) is 2. The molecule has 33 heavy (non-hydrogen) atoms. The number of amides is 1. The van der Waals surface area contributed by atoms with Crippen molar-refractivity contribution in [1.29, 1.82) is 0 Å². The average Bonchev–Trinajstić information content (AvgIpc) is 3.28. The monoisotopic (exact) mass is 463 g/mol. The number of nitrogens with zero attached hydrogens (tertiary/aromatic N) is 2. The van der Waals surface area contributed by atoms with E-state index in [0.29, 0.717) is 46.3 Å². The van der Waals surface area contributed by atoms with Gasteiger partial charge in [0.2, 0.25) is 5.91 Å². The van der Waals surface area contributed by atoms with Crippen molar-refractivity contribution in [3.05, 3.63) is 79.8 Å². The fourth-order valence-corrected chi connectivity index (χ4v) is 4.80. The van der Waals surface area contributed by atoms with Crippen molar-refractivity contribution >= 4 is 33.1 Å². The molecule has 0 bridgehead atoms. The molecule has 1 N–H and O–H groups in total. The highest BCUT2D eigenvalue weighted by Gasteiger charge is 2.19. The number of hydrogen-bond acceptors (Lipinski definition) is 6. The minimum absolute atomic E-state index is 0.244. The van der Waals surface area contributed by atoms with Crippen molar-refractivity contribution in [1.82, 2.24) is 9.13 Å². The quantitative estimate of drug-likeness (QED) is 0.502. The number of aromatic nitrogens is 2. The molecule has 0 aliphatic carbocycles. The molecular formula is C24H21N3O5S. The predicted octanol–water partition coefficient (Wildman–Crippen LogP) is 3.24. The zero-order valence-electron chi connectivity index (χ0n) is 18.1. The van der Waals surface area contributed by atoms with Crippen LogP contribution in [0.15, 0.2) is 57.4 Å². The van der Waals surface area contributed by atoms with E-state index in [-0.39, 0.29) is 12.1 Å². The van der Waals surface area contributed by atoms with Crippen molar-refractivity contribution in [3.63, 3.8) is 0 Å². The average molecular weight is 464 g/mol. The maximum Gasteiger partial charge on any atom is 0.336 e. The first-order chi connectivity index (χ1) is 15.9. The van der Waals surface area contributed by atoms with Gasteiger partial charge in [0, 0.05) is 11.8 Å². The van der Waals surface area contributed by atoms with Gasteiger partial charge < -0.3 is 14.8 Å². The van der Waals surface area contributed by atoms with Crippen molar-refractivity contribution in [2.75, 3.05) is 18.5 Å². The highest BCUT2D eigenvalue weighted by atomic mass is 32.1. The van der Waals surface area contributed by atoms with Gasteiger partial charge >= 0.3 is 5.69 Å². The summed E-state index contributed by atoms with van der Waals surface area (Å²) in [5.74, 6) is 0.780. The van der Waals surface area contributed by atoms with Crippen LogP contribution in [0.25, 0.3) is 15.9 Å². The molecule has 0 fully saturated rings. The van der Waals surface area contributed by atoms with Gasteiger partial charge in [0.1, 0.15) is 24.5 Å². The molecule has 0 atom stereocenters. The number of hydrogen-bond donors (Lipinski definition) is 1. The number of rotatable bonds is 4. The van der Waals surface area contributed by atoms with Crippen LogP contribution < -0.4 is 26.0 Å². The lowest BCUT2D eigenvalue weighted by Gasteiger charge is -2.19. The van der Waals surface area contributed by atoms with E-state index in [1.165, 1.54) is 15.9 Å². The van der Waals surface area contributed by atoms with Crippen LogP contribution in [0.1, 0.15) is 11.1 Å². The number of carbonyl (C=O) groups excluding carboxylic acids is 1. The minimum atomic E-state index is -0.560. The Hall–Kier alpha value is -3.85. The smallest absolute Gasteiger partial charge is 0.336 e. The summed E-state index contributed by atoms with van der Waals surface area (Å²) in [5, 5.41) is 4.54. The van der Waals surface area contributed by atoms with Gasteiger partial charge in [-0.1, -0.05) is 17.7 Å². The third-order valence-corrected chi connectivity index (χ3v) is 6.37. The number of carbonyl (C=O) groups is 1. The highest BCUT2D eigenvalue weighted by Crippen LogP contribution is 2.32. The molecule has 168 valence electrons. The lowest BCUT2D eigenvalue weighted by Crippen LogP contribution is -2.40. The van der Waals surface area contributed by atoms with Crippen molar-refractivity contribution in [3.8, 4) is 17.2 Å². The standard InChI is InChI=1S/C24H21N3O5S/c1-14-3-5-17(15(2)11-14)27-23(29)22-18(7-10-33-22)26(24(27)30)13-21(28)25-16-4-6-19-20(12-16)32-9-8-31-19/h3-7,10-12H,8-9,13H2,1-2H3,(H,25,28). The summed E-state index contributed by atoms with van der Waals surface area (Å²) in [5.41, 5.74) is 2.36. The maximum absolute atomic E-state index is 13.4. The van der Waals surface area contributed by atoms with E-state index in [2.05, 4.69) is 5.32 Å². The molecule has 9 heteroatoms. The van der Waals surface area contributed by atoms with E-state index in [9.17, 15) is 14.4 Å². The summed E-state index contributed by atoms with van der Waals surface area (Å²) >= 11 is 1.25. The van der Waals surface area contributed by atoms with Crippen LogP contribution in [0.2, 0.25) is 0 Å². The molecule has 4 aromatic rings. The second kappa shape index (κ2) is 8.25. The summed E-state index contributed by atoms with van der Waals surface area (Å²) in [6.07, 6.45) is 0. The van der Waals surface area contributed by atoms with Crippen LogP contribution >= 0.6 is 11.3 Å². The summed E-state index contributed by atoms with van der Waals surface area (Å²) in [6.45, 7) is 4.48. The zero-order valence-corrected chi connectivity index (χ0v) is 18.9. The second-order valence-electron chi connectivity index (χ2n) is 7.84. The number of anilines is 1. The van der Waals surface area contributed by atoms with Gasteiger partial charge in [-0.05, 0) is 49.1 Å². The molecule has 1 aliphatic rings. The summed E-state index contributed by atoms with van der Waals surface area (Å²) < 4.78 is 14.0. The van der Waals surface area contributed by atoms with E-state index in [1.54, 1.807) is 35.7 Å². The third kappa shape index (κ3) is 3.80. The van der Waals surface area contributed by atoms with Gasteiger partial charge in [-0.2, -0.15) is 0 Å². The summed E-state index contributed by atoms with van der Waals surface area (Å²) in [7, 11) is 0. The molecule has 0 saturated carbocycles. The van der Waals surface area contributed by atoms with E-state index < -0.39 is 11.6 Å². The Morgan fingerprint density at radius 1 is 1.03 bits per heavy atom. The van der Waals surface area contributed by atoms with E-state index in [1.807, 2.05) is 26.0 Å². The molecular weight excluding hydrogens is 442 g/mol. The molecule has 0 unspecified atom stereocenters. The Bertz CT molecular complexity index is 1520. The summed E-state index contributed by atoms with van der Waals surface area (Å²) in [4.78, 5) is 39.5. The highest BCUT2D eigenvalue weighted by molar-refractivity contribution is 7.17. The number of thiophene rings is 1. The van der Waals surface area contributed by atoms with Gasteiger partial charge in [0.05, 0.1) is 11.2 Å². The molecule has 0 radical (unpaired) electrons. The van der Waals surface area contributed by atoms with Crippen molar-refractivity contribution < 1.29 is 14.3 Å². The van der Waals surface area contributed by atoms with E-state index >= 15 is 0 Å². The first-order valence-electron chi connectivity index (χ1n) is 10.4. The van der Waals surface area contributed by atoms with Crippen LogP contribution in [0.3, 0.4) is 0 Å². The Kier molecular flexibility index (Phi) is 5.26.